The van der Waals surface area contributed by atoms with Gasteiger partial charge in [-0.05, 0) is 122 Å². The Hall–Kier alpha value is -3.93. The van der Waals surface area contributed by atoms with Gasteiger partial charge in [0.25, 0.3) is 0 Å². The highest BCUT2D eigenvalue weighted by atomic mass is 16.6. The van der Waals surface area contributed by atoms with Crippen molar-refractivity contribution in [3.05, 3.63) is 109 Å². The first-order valence-corrected chi connectivity index (χ1v) is 28.4. The molecule has 0 N–H and O–H groups in total. The molecule has 6 nitrogen and oxygen atoms in total. The van der Waals surface area contributed by atoms with Crippen LogP contribution < -0.4 is 0 Å². The lowest BCUT2D eigenvalue weighted by Gasteiger charge is -2.18. The number of rotatable bonds is 50. The lowest BCUT2D eigenvalue weighted by molar-refractivity contribution is -0.167. The van der Waals surface area contributed by atoms with Gasteiger partial charge in [0, 0.05) is 19.3 Å². The fraction of sp³-hybridized carbons (Fsp3) is 0.667. The molecule has 0 fully saturated rings. The minimum absolute atomic E-state index is 0.109. The van der Waals surface area contributed by atoms with Gasteiger partial charge in [0.2, 0.25) is 0 Å². The van der Waals surface area contributed by atoms with Gasteiger partial charge in [-0.1, -0.05) is 220 Å². The second kappa shape index (κ2) is 56.7. The highest BCUT2D eigenvalue weighted by molar-refractivity contribution is 5.71. The lowest BCUT2D eigenvalue weighted by Crippen LogP contribution is -2.30. The van der Waals surface area contributed by atoms with Crippen LogP contribution in [0.5, 0.6) is 0 Å². The molecule has 0 bridgehead atoms. The van der Waals surface area contributed by atoms with Crippen molar-refractivity contribution in [1.82, 2.24) is 0 Å². The van der Waals surface area contributed by atoms with Crippen LogP contribution in [0.2, 0.25) is 0 Å². The van der Waals surface area contributed by atoms with Crippen molar-refractivity contribution in [2.24, 2.45) is 0 Å². The van der Waals surface area contributed by atoms with E-state index in [1.54, 1.807) is 0 Å². The number of unbranched alkanes of at least 4 members (excludes halogenated alkanes) is 21. The molecular formula is C63H104O6. The molecule has 0 aliphatic carbocycles. The molecule has 0 radical (unpaired) electrons. The van der Waals surface area contributed by atoms with E-state index in [9.17, 15) is 14.4 Å². The van der Waals surface area contributed by atoms with E-state index in [0.29, 0.717) is 12.8 Å². The number of carbonyl (C=O) groups excluding carboxylic acids is 3. The van der Waals surface area contributed by atoms with Gasteiger partial charge in [0.1, 0.15) is 13.2 Å². The smallest absolute Gasteiger partial charge is 0.306 e. The van der Waals surface area contributed by atoms with Gasteiger partial charge in [-0.2, -0.15) is 0 Å². The van der Waals surface area contributed by atoms with Gasteiger partial charge < -0.3 is 14.2 Å². The average Bonchev–Trinajstić information content (AvgIpc) is 3.35. The zero-order valence-corrected chi connectivity index (χ0v) is 44.8. The van der Waals surface area contributed by atoms with Crippen LogP contribution in [0.1, 0.15) is 252 Å². The minimum atomic E-state index is -0.817. The molecule has 392 valence electrons. The van der Waals surface area contributed by atoms with Crippen molar-refractivity contribution in [3.8, 4) is 0 Å². The van der Waals surface area contributed by atoms with Crippen molar-refractivity contribution in [3.63, 3.8) is 0 Å². The second-order valence-corrected chi connectivity index (χ2v) is 18.5. The van der Waals surface area contributed by atoms with E-state index in [1.807, 2.05) is 0 Å². The van der Waals surface area contributed by atoms with Gasteiger partial charge in [0.05, 0.1) is 0 Å². The second-order valence-electron chi connectivity index (χ2n) is 18.5. The molecule has 0 heterocycles. The summed E-state index contributed by atoms with van der Waals surface area (Å²) in [6.07, 6.45) is 76.5. The maximum atomic E-state index is 12.8. The fourth-order valence-electron chi connectivity index (χ4n) is 7.48. The summed E-state index contributed by atoms with van der Waals surface area (Å²) in [5.41, 5.74) is 0. The third kappa shape index (κ3) is 54.9. The molecule has 69 heavy (non-hydrogen) atoms. The van der Waals surface area contributed by atoms with Crippen LogP contribution >= 0.6 is 0 Å². The summed E-state index contributed by atoms with van der Waals surface area (Å²) in [6, 6.07) is 0. The third-order valence-corrected chi connectivity index (χ3v) is 11.7. The predicted molar refractivity (Wildman–Crippen MR) is 297 cm³/mol. The van der Waals surface area contributed by atoms with E-state index < -0.39 is 6.10 Å². The van der Waals surface area contributed by atoms with E-state index in [1.165, 1.54) is 103 Å². The molecule has 6 heteroatoms. The zero-order valence-electron chi connectivity index (χ0n) is 44.8. The van der Waals surface area contributed by atoms with Crippen LogP contribution in [-0.4, -0.2) is 37.2 Å². The van der Waals surface area contributed by atoms with E-state index >= 15 is 0 Å². The van der Waals surface area contributed by atoms with Crippen molar-refractivity contribution < 1.29 is 28.6 Å². The standard InChI is InChI=1S/C63H104O6/c1-4-7-10-13-16-19-22-25-28-31-34-37-40-43-46-49-52-55-61(64)67-58-60(69-63(66)57-54-51-48-45-42-39-36-33-30-27-24-21-18-15-12-9-6-3)59-68-62(65)56-53-50-47-44-41-38-35-32-29-26-23-20-17-14-11-8-5-2/h7,10,16,18-19,21,25-30,34,36-37,39,43,46,60H,4-6,8-9,11-15,17,20,22-24,31-33,35,38,40-42,44-45,47-59H2,1-3H3/b10-7+,19-16+,21-18+,28-25+,29-26+,30-27+,37-34+,39-36+,46-43+/t60-/m0/s1. The number of ether oxygens (including phenoxy) is 3. The number of carbonyl (C=O) groups is 3. The van der Waals surface area contributed by atoms with Crippen molar-refractivity contribution in [2.45, 2.75) is 258 Å². The highest BCUT2D eigenvalue weighted by Crippen LogP contribution is 2.14. The van der Waals surface area contributed by atoms with Gasteiger partial charge in [-0.25, -0.2) is 0 Å². The van der Waals surface area contributed by atoms with Crippen LogP contribution in [0.15, 0.2) is 109 Å². The molecule has 0 aliphatic rings. The summed E-state index contributed by atoms with van der Waals surface area (Å²) in [5, 5.41) is 0. The van der Waals surface area contributed by atoms with E-state index in [0.717, 1.165) is 103 Å². The van der Waals surface area contributed by atoms with Crippen LogP contribution in [-0.2, 0) is 28.6 Å². The van der Waals surface area contributed by atoms with Gasteiger partial charge >= 0.3 is 17.9 Å². The Morgan fingerprint density at radius 2 is 0.580 bits per heavy atom. The molecule has 0 spiro atoms. The van der Waals surface area contributed by atoms with Gasteiger partial charge in [-0.3, -0.25) is 14.4 Å². The van der Waals surface area contributed by atoms with Crippen molar-refractivity contribution in [2.75, 3.05) is 13.2 Å². The highest BCUT2D eigenvalue weighted by Gasteiger charge is 2.19. The maximum Gasteiger partial charge on any atom is 0.306 e. The topological polar surface area (TPSA) is 78.9 Å². The summed E-state index contributed by atoms with van der Waals surface area (Å²) in [7, 11) is 0. The summed E-state index contributed by atoms with van der Waals surface area (Å²) in [4.78, 5) is 38.1. The Morgan fingerprint density at radius 3 is 0.986 bits per heavy atom. The minimum Gasteiger partial charge on any atom is -0.462 e. The molecular weight excluding hydrogens is 853 g/mol. The van der Waals surface area contributed by atoms with Crippen molar-refractivity contribution >= 4 is 17.9 Å². The number of allylic oxidation sites excluding steroid dienone is 18. The zero-order chi connectivity index (χ0) is 50.0. The normalized spacial score (nSPS) is 12.9. The summed E-state index contributed by atoms with van der Waals surface area (Å²) >= 11 is 0. The third-order valence-electron chi connectivity index (χ3n) is 11.7. The summed E-state index contributed by atoms with van der Waals surface area (Å²) < 4.78 is 16.8. The molecule has 1 atom stereocenters. The number of esters is 3. The molecule has 0 aromatic rings. The average molecular weight is 958 g/mol. The van der Waals surface area contributed by atoms with Crippen LogP contribution in [0, 0.1) is 0 Å². The Morgan fingerprint density at radius 1 is 0.304 bits per heavy atom. The molecule has 0 aromatic heterocycles. The first-order chi connectivity index (χ1) is 34.0. The van der Waals surface area contributed by atoms with E-state index in [-0.39, 0.29) is 44.0 Å². The largest absolute Gasteiger partial charge is 0.462 e. The maximum absolute atomic E-state index is 12.8. The number of hydrogen-bond acceptors (Lipinski definition) is 6. The Balaban J connectivity index is 4.53. The first-order valence-electron chi connectivity index (χ1n) is 28.4. The Kier molecular flexibility index (Phi) is 53.4. The van der Waals surface area contributed by atoms with Crippen LogP contribution in [0.3, 0.4) is 0 Å². The van der Waals surface area contributed by atoms with Crippen molar-refractivity contribution in [1.29, 1.82) is 0 Å². The molecule has 0 aromatic carbocycles. The fourth-order valence-corrected chi connectivity index (χ4v) is 7.48. The summed E-state index contributed by atoms with van der Waals surface area (Å²) in [5.74, 6) is -0.996. The quantitative estimate of drug-likeness (QED) is 0.0262. The van der Waals surface area contributed by atoms with Crippen LogP contribution in [0.4, 0.5) is 0 Å². The lowest BCUT2D eigenvalue weighted by atomic mass is 10.1. The van der Waals surface area contributed by atoms with Gasteiger partial charge in [-0.15, -0.1) is 0 Å². The molecule has 0 rings (SSSR count). The molecule has 0 saturated carbocycles. The molecule has 0 amide bonds. The van der Waals surface area contributed by atoms with E-state index in [4.69, 9.17) is 14.2 Å². The molecule has 0 saturated heterocycles. The van der Waals surface area contributed by atoms with Crippen LogP contribution in [0.25, 0.3) is 0 Å². The first kappa shape index (κ1) is 65.1. The molecule has 0 unspecified atom stereocenters. The number of hydrogen-bond donors (Lipinski definition) is 0. The summed E-state index contributed by atoms with van der Waals surface area (Å²) in [6.45, 7) is 6.42. The van der Waals surface area contributed by atoms with Gasteiger partial charge in [0.15, 0.2) is 6.10 Å². The SMILES string of the molecule is CC/C=C/C/C=C/C/C=C/C/C=C/C/C=C/CCCC(=O)OC[C@@H](COC(=O)CCCCCCCCC/C=C/CCCCCCCC)OC(=O)CCCCCC/C=C/C/C=C/C/C=C/CCCCC. The Labute approximate surface area is 425 Å². The van der Waals surface area contributed by atoms with E-state index in [2.05, 4.69) is 130 Å². The predicted octanol–water partition coefficient (Wildman–Crippen LogP) is 19.1. The molecule has 0 aliphatic heterocycles. The Bertz CT molecular complexity index is 1420. The monoisotopic (exact) mass is 957 g/mol.